The third kappa shape index (κ3) is 4.03. The SMILES string of the molecule is O=C(NC(CN1CCOCC1)c1ccccc1)N1CC2(CCOCC2)C1. The van der Waals surface area contributed by atoms with Crippen molar-refractivity contribution >= 4 is 6.03 Å². The molecule has 6 nitrogen and oxygen atoms in total. The summed E-state index contributed by atoms with van der Waals surface area (Å²) in [5, 5.41) is 3.28. The fraction of sp³-hybridized carbons (Fsp3) is 0.650. The van der Waals surface area contributed by atoms with Gasteiger partial charge in [0.25, 0.3) is 0 Å². The predicted octanol–water partition coefficient (Wildman–Crippen LogP) is 1.88. The quantitative estimate of drug-likeness (QED) is 0.892. The van der Waals surface area contributed by atoms with E-state index in [1.54, 1.807) is 0 Å². The molecule has 2 amide bonds. The van der Waals surface area contributed by atoms with Gasteiger partial charge in [0.1, 0.15) is 0 Å². The van der Waals surface area contributed by atoms with Crippen LogP contribution in [-0.2, 0) is 9.47 Å². The van der Waals surface area contributed by atoms with E-state index in [0.29, 0.717) is 5.41 Å². The number of carbonyl (C=O) groups is 1. The first kappa shape index (κ1) is 17.8. The van der Waals surface area contributed by atoms with Gasteiger partial charge in [-0.15, -0.1) is 0 Å². The summed E-state index contributed by atoms with van der Waals surface area (Å²) >= 11 is 0. The minimum absolute atomic E-state index is 0.00744. The first-order chi connectivity index (χ1) is 12.7. The number of hydrogen-bond donors (Lipinski definition) is 1. The normalized spacial score (nSPS) is 24.1. The fourth-order valence-electron chi connectivity index (χ4n) is 4.23. The van der Waals surface area contributed by atoms with Gasteiger partial charge >= 0.3 is 6.03 Å². The van der Waals surface area contributed by atoms with Crippen LogP contribution in [0.25, 0.3) is 0 Å². The second-order valence-corrected chi connectivity index (χ2v) is 7.79. The molecule has 3 fully saturated rings. The Bertz CT molecular complexity index is 590. The van der Waals surface area contributed by atoms with Crippen molar-refractivity contribution in [3.63, 3.8) is 0 Å². The molecule has 1 aromatic rings. The Morgan fingerprint density at radius 2 is 1.69 bits per heavy atom. The summed E-state index contributed by atoms with van der Waals surface area (Å²) in [5.41, 5.74) is 1.47. The van der Waals surface area contributed by atoms with E-state index in [4.69, 9.17) is 9.47 Å². The first-order valence-electron chi connectivity index (χ1n) is 9.72. The fourth-order valence-corrected chi connectivity index (χ4v) is 4.23. The summed E-state index contributed by atoms with van der Waals surface area (Å²) in [7, 11) is 0. The van der Waals surface area contributed by atoms with Crippen LogP contribution in [0, 0.1) is 5.41 Å². The van der Waals surface area contributed by atoms with E-state index in [1.165, 1.54) is 0 Å². The maximum atomic E-state index is 12.8. The van der Waals surface area contributed by atoms with Crippen LogP contribution in [0.4, 0.5) is 4.79 Å². The molecule has 1 spiro atoms. The van der Waals surface area contributed by atoms with Gasteiger partial charge in [0.05, 0.1) is 19.3 Å². The Morgan fingerprint density at radius 3 is 2.38 bits per heavy atom. The molecule has 142 valence electrons. The highest BCUT2D eigenvalue weighted by Gasteiger charge is 2.46. The number of nitrogens with zero attached hydrogens (tertiary/aromatic N) is 2. The molecule has 0 aromatic heterocycles. The maximum absolute atomic E-state index is 12.8. The van der Waals surface area contributed by atoms with Gasteiger partial charge in [-0.05, 0) is 18.4 Å². The number of benzene rings is 1. The molecular weight excluding hydrogens is 330 g/mol. The molecule has 1 N–H and O–H groups in total. The van der Waals surface area contributed by atoms with Gasteiger partial charge in [-0.1, -0.05) is 30.3 Å². The van der Waals surface area contributed by atoms with Crippen LogP contribution in [0.5, 0.6) is 0 Å². The van der Waals surface area contributed by atoms with E-state index >= 15 is 0 Å². The average molecular weight is 359 g/mol. The summed E-state index contributed by atoms with van der Waals surface area (Å²) in [6.07, 6.45) is 2.15. The zero-order valence-corrected chi connectivity index (χ0v) is 15.4. The number of likely N-dealkylation sites (tertiary alicyclic amines) is 1. The molecule has 4 rings (SSSR count). The first-order valence-corrected chi connectivity index (χ1v) is 9.72. The van der Waals surface area contributed by atoms with Crippen LogP contribution < -0.4 is 5.32 Å². The number of hydrogen-bond acceptors (Lipinski definition) is 4. The van der Waals surface area contributed by atoms with E-state index in [9.17, 15) is 4.79 Å². The average Bonchev–Trinajstić information content (AvgIpc) is 2.67. The Kier molecular flexibility index (Phi) is 5.43. The summed E-state index contributed by atoms with van der Waals surface area (Å²) in [4.78, 5) is 17.1. The lowest BCUT2D eigenvalue weighted by atomic mass is 9.73. The summed E-state index contributed by atoms with van der Waals surface area (Å²) < 4.78 is 10.9. The smallest absolute Gasteiger partial charge is 0.317 e. The van der Waals surface area contributed by atoms with Crippen molar-refractivity contribution < 1.29 is 14.3 Å². The monoisotopic (exact) mass is 359 g/mol. The van der Waals surface area contributed by atoms with Crippen molar-refractivity contribution in [1.82, 2.24) is 15.1 Å². The Labute approximate surface area is 155 Å². The van der Waals surface area contributed by atoms with Crippen molar-refractivity contribution in [2.75, 3.05) is 59.2 Å². The van der Waals surface area contributed by atoms with Crippen molar-refractivity contribution in [2.45, 2.75) is 18.9 Å². The van der Waals surface area contributed by atoms with Crippen LogP contribution in [0.2, 0.25) is 0 Å². The Morgan fingerprint density at radius 1 is 1.04 bits per heavy atom. The number of morpholine rings is 1. The number of urea groups is 1. The Hall–Kier alpha value is -1.63. The molecule has 0 radical (unpaired) electrons. The van der Waals surface area contributed by atoms with Gasteiger partial charge in [-0.3, -0.25) is 4.90 Å². The molecule has 0 aliphatic carbocycles. The molecule has 3 aliphatic rings. The van der Waals surface area contributed by atoms with Crippen molar-refractivity contribution in [3.05, 3.63) is 35.9 Å². The van der Waals surface area contributed by atoms with Crippen molar-refractivity contribution in [1.29, 1.82) is 0 Å². The predicted molar refractivity (Wildman–Crippen MR) is 99.0 cm³/mol. The molecule has 3 heterocycles. The van der Waals surface area contributed by atoms with Crippen molar-refractivity contribution in [2.24, 2.45) is 5.41 Å². The van der Waals surface area contributed by atoms with Gasteiger partial charge in [-0.2, -0.15) is 0 Å². The van der Waals surface area contributed by atoms with Gasteiger partial charge in [0.15, 0.2) is 0 Å². The molecule has 6 heteroatoms. The summed E-state index contributed by atoms with van der Waals surface area (Å²) in [5.74, 6) is 0. The number of ether oxygens (including phenoxy) is 2. The molecule has 26 heavy (non-hydrogen) atoms. The second-order valence-electron chi connectivity index (χ2n) is 7.79. The van der Waals surface area contributed by atoms with Crippen molar-refractivity contribution in [3.8, 4) is 0 Å². The van der Waals surface area contributed by atoms with E-state index in [0.717, 1.165) is 77.6 Å². The molecule has 0 bridgehead atoms. The van der Waals surface area contributed by atoms with Gasteiger partial charge in [-0.25, -0.2) is 4.79 Å². The molecule has 3 saturated heterocycles. The number of nitrogens with one attached hydrogen (secondary N) is 1. The number of rotatable bonds is 4. The largest absolute Gasteiger partial charge is 0.381 e. The lowest BCUT2D eigenvalue weighted by Crippen LogP contribution is -2.62. The second kappa shape index (κ2) is 7.94. The summed E-state index contributed by atoms with van der Waals surface area (Å²) in [6, 6.07) is 10.4. The lowest BCUT2D eigenvalue weighted by molar-refractivity contribution is -0.0621. The molecule has 1 atom stereocenters. The maximum Gasteiger partial charge on any atom is 0.317 e. The zero-order valence-electron chi connectivity index (χ0n) is 15.4. The summed E-state index contributed by atoms with van der Waals surface area (Å²) in [6.45, 7) is 7.60. The van der Waals surface area contributed by atoms with Crippen LogP contribution in [0.15, 0.2) is 30.3 Å². The minimum Gasteiger partial charge on any atom is -0.381 e. The molecule has 3 aliphatic heterocycles. The highest BCUT2D eigenvalue weighted by atomic mass is 16.5. The van der Waals surface area contributed by atoms with Gasteiger partial charge in [0, 0.05) is 51.4 Å². The highest BCUT2D eigenvalue weighted by Crippen LogP contribution is 2.39. The number of carbonyl (C=O) groups excluding carboxylic acids is 1. The highest BCUT2D eigenvalue weighted by molar-refractivity contribution is 5.76. The van der Waals surface area contributed by atoms with Gasteiger partial charge < -0.3 is 19.7 Å². The van der Waals surface area contributed by atoms with E-state index in [-0.39, 0.29) is 12.1 Å². The molecular formula is C20H29N3O3. The molecule has 0 saturated carbocycles. The topological polar surface area (TPSA) is 54.0 Å². The Balaban J connectivity index is 1.37. The molecule has 1 aromatic carbocycles. The minimum atomic E-state index is 0.00744. The number of amides is 2. The third-order valence-electron chi connectivity index (χ3n) is 5.94. The van der Waals surface area contributed by atoms with E-state index in [2.05, 4.69) is 22.3 Å². The third-order valence-corrected chi connectivity index (χ3v) is 5.94. The lowest BCUT2D eigenvalue weighted by Gasteiger charge is -2.52. The van der Waals surface area contributed by atoms with Crippen LogP contribution >= 0.6 is 0 Å². The van der Waals surface area contributed by atoms with Crippen LogP contribution in [-0.4, -0.2) is 75.0 Å². The van der Waals surface area contributed by atoms with Crippen LogP contribution in [0.1, 0.15) is 24.4 Å². The van der Waals surface area contributed by atoms with E-state index < -0.39 is 0 Å². The zero-order chi connectivity index (χ0) is 17.8. The van der Waals surface area contributed by atoms with Gasteiger partial charge in [0.2, 0.25) is 0 Å². The molecule has 1 unspecified atom stereocenters. The standard InChI is InChI=1S/C20H29N3O3/c24-19(23-15-20(16-23)6-10-25-11-7-20)21-18(17-4-2-1-3-5-17)14-22-8-12-26-13-9-22/h1-5,18H,6-16H2,(H,21,24). The van der Waals surface area contributed by atoms with Crippen LogP contribution in [0.3, 0.4) is 0 Å². The van der Waals surface area contributed by atoms with E-state index in [1.807, 2.05) is 23.1 Å².